The third-order valence-corrected chi connectivity index (χ3v) is 2.77. The first kappa shape index (κ1) is 14.9. The van der Waals surface area contributed by atoms with Crippen LogP contribution in [-0.2, 0) is 9.53 Å². The number of carbonyl (C=O) groups excluding carboxylic acids is 2. The number of benzene rings is 1. The number of nitrogens with one attached hydrogen (secondary N) is 1. The summed E-state index contributed by atoms with van der Waals surface area (Å²) in [6.45, 7) is -0.542. The molecular formula is C11H11BrClNO4. The maximum Gasteiger partial charge on any atom is 0.330 e. The van der Waals surface area contributed by atoms with Gasteiger partial charge in [-0.05, 0) is 18.2 Å². The smallest absolute Gasteiger partial charge is 0.330 e. The van der Waals surface area contributed by atoms with Crippen LogP contribution in [0.4, 0.5) is 0 Å². The van der Waals surface area contributed by atoms with E-state index in [0.29, 0.717) is 9.50 Å². The molecule has 0 aromatic heterocycles. The average molecular weight is 337 g/mol. The lowest BCUT2D eigenvalue weighted by Crippen LogP contribution is -2.44. The third-order valence-electron chi connectivity index (χ3n) is 2.10. The molecule has 0 heterocycles. The van der Waals surface area contributed by atoms with E-state index < -0.39 is 24.5 Å². The maximum atomic E-state index is 11.8. The van der Waals surface area contributed by atoms with Gasteiger partial charge in [0.15, 0.2) is 6.04 Å². The fourth-order valence-corrected chi connectivity index (χ4v) is 2.11. The van der Waals surface area contributed by atoms with Crippen LogP contribution in [0, 0.1) is 0 Å². The highest BCUT2D eigenvalue weighted by molar-refractivity contribution is 9.10. The van der Waals surface area contributed by atoms with Crippen molar-refractivity contribution in [3.05, 3.63) is 33.3 Å². The summed E-state index contributed by atoms with van der Waals surface area (Å²) in [4.78, 5) is 23.0. The molecule has 2 N–H and O–H groups in total. The van der Waals surface area contributed by atoms with E-state index in [4.69, 9.17) is 16.7 Å². The van der Waals surface area contributed by atoms with Crippen molar-refractivity contribution >= 4 is 39.4 Å². The van der Waals surface area contributed by atoms with Crippen molar-refractivity contribution in [1.82, 2.24) is 5.32 Å². The number of hydrogen-bond donors (Lipinski definition) is 2. The molecule has 1 aromatic rings. The maximum absolute atomic E-state index is 11.8. The monoisotopic (exact) mass is 335 g/mol. The topological polar surface area (TPSA) is 75.6 Å². The molecule has 0 aliphatic carbocycles. The van der Waals surface area contributed by atoms with Gasteiger partial charge in [-0.25, -0.2) is 4.79 Å². The van der Waals surface area contributed by atoms with Gasteiger partial charge in [-0.15, -0.1) is 0 Å². The lowest BCUT2D eigenvalue weighted by atomic mass is 10.2. The standard InChI is InChI=1S/C11H11BrClNO4/c1-18-11(17)9(5-15)14-10(16)6-2-7(12)4-8(13)3-6/h2-4,9,15H,5H2,1H3,(H,14,16)/t9-/m0/s1. The van der Waals surface area contributed by atoms with E-state index in [9.17, 15) is 9.59 Å². The number of rotatable bonds is 4. The van der Waals surface area contributed by atoms with Crippen LogP contribution >= 0.6 is 27.5 Å². The summed E-state index contributed by atoms with van der Waals surface area (Å²) in [5.41, 5.74) is 0.275. The SMILES string of the molecule is COC(=O)[C@H](CO)NC(=O)c1cc(Cl)cc(Br)c1. The van der Waals surface area contributed by atoms with Crippen molar-refractivity contribution in [1.29, 1.82) is 0 Å². The normalized spacial score (nSPS) is 11.8. The van der Waals surface area contributed by atoms with Crippen molar-refractivity contribution in [2.75, 3.05) is 13.7 Å². The predicted octanol–water partition coefficient (Wildman–Crippen LogP) is 1.37. The van der Waals surface area contributed by atoms with E-state index in [1.54, 1.807) is 12.1 Å². The molecule has 1 amide bonds. The molecule has 0 saturated heterocycles. The first-order chi connectivity index (χ1) is 8.47. The number of ether oxygens (including phenoxy) is 1. The number of hydrogen-bond acceptors (Lipinski definition) is 4. The number of amides is 1. The molecule has 1 atom stereocenters. The molecule has 7 heteroatoms. The molecule has 1 aromatic carbocycles. The van der Waals surface area contributed by atoms with Crippen LogP contribution in [-0.4, -0.2) is 36.7 Å². The molecule has 98 valence electrons. The Morgan fingerprint density at radius 1 is 1.50 bits per heavy atom. The highest BCUT2D eigenvalue weighted by Gasteiger charge is 2.21. The van der Waals surface area contributed by atoms with Crippen LogP contribution in [0.25, 0.3) is 0 Å². The Balaban J connectivity index is 2.84. The Morgan fingerprint density at radius 3 is 2.67 bits per heavy atom. The average Bonchev–Trinajstić information content (AvgIpc) is 2.33. The van der Waals surface area contributed by atoms with Gasteiger partial charge < -0.3 is 15.2 Å². The first-order valence-electron chi connectivity index (χ1n) is 4.93. The lowest BCUT2D eigenvalue weighted by molar-refractivity contribution is -0.143. The molecular weight excluding hydrogens is 325 g/mol. The zero-order valence-corrected chi connectivity index (χ0v) is 11.8. The Labute approximate surface area is 117 Å². The molecule has 0 aliphatic heterocycles. The number of halogens is 2. The first-order valence-corrected chi connectivity index (χ1v) is 6.10. The second-order valence-electron chi connectivity index (χ2n) is 3.39. The molecule has 0 radical (unpaired) electrons. The van der Waals surface area contributed by atoms with Crippen molar-refractivity contribution in [2.24, 2.45) is 0 Å². The van der Waals surface area contributed by atoms with E-state index in [-0.39, 0.29) is 5.56 Å². The summed E-state index contributed by atoms with van der Waals surface area (Å²) in [5.74, 6) is -1.24. The highest BCUT2D eigenvalue weighted by atomic mass is 79.9. The quantitative estimate of drug-likeness (QED) is 0.814. The minimum atomic E-state index is -1.10. The molecule has 18 heavy (non-hydrogen) atoms. The van der Waals surface area contributed by atoms with Gasteiger partial charge in [-0.2, -0.15) is 0 Å². The Kier molecular flexibility index (Phi) is 5.58. The molecule has 0 bridgehead atoms. The molecule has 0 aliphatic rings. The van der Waals surface area contributed by atoms with Gasteiger partial charge in [0.2, 0.25) is 0 Å². The Morgan fingerprint density at radius 2 is 2.17 bits per heavy atom. The van der Waals surface area contributed by atoms with Gasteiger partial charge >= 0.3 is 5.97 Å². The number of aliphatic hydroxyl groups is 1. The van der Waals surface area contributed by atoms with E-state index >= 15 is 0 Å². The summed E-state index contributed by atoms with van der Waals surface area (Å²) < 4.78 is 5.08. The van der Waals surface area contributed by atoms with Crippen LogP contribution < -0.4 is 5.32 Å². The number of carbonyl (C=O) groups is 2. The van der Waals surface area contributed by atoms with Crippen LogP contribution in [0.15, 0.2) is 22.7 Å². The van der Waals surface area contributed by atoms with Gasteiger partial charge in [0, 0.05) is 15.1 Å². The summed E-state index contributed by atoms with van der Waals surface area (Å²) in [6.07, 6.45) is 0. The summed E-state index contributed by atoms with van der Waals surface area (Å²) >= 11 is 9.01. The molecule has 0 saturated carbocycles. The van der Waals surface area contributed by atoms with E-state index in [1.807, 2.05) is 0 Å². The largest absolute Gasteiger partial charge is 0.467 e. The van der Waals surface area contributed by atoms with Crippen LogP contribution in [0.5, 0.6) is 0 Å². The van der Waals surface area contributed by atoms with Crippen molar-refractivity contribution in [3.63, 3.8) is 0 Å². The second-order valence-corrected chi connectivity index (χ2v) is 4.74. The molecule has 0 spiro atoms. The number of esters is 1. The van der Waals surface area contributed by atoms with Gasteiger partial charge in [0.1, 0.15) is 0 Å². The number of methoxy groups -OCH3 is 1. The van der Waals surface area contributed by atoms with Gasteiger partial charge in [0.25, 0.3) is 5.91 Å². The van der Waals surface area contributed by atoms with Crippen molar-refractivity contribution < 1.29 is 19.4 Å². The highest BCUT2D eigenvalue weighted by Crippen LogP contribution is 2.19. The van der Waals surface area contributed by atoms with Crippen molar-refractivity contribution in [2.45, 2.75) is 6.04 Å². The molecule has 1 rings (SSSR count). The van der Waals surface area contributed by atoms with Gasteiger partial charge in [-0.3, -0.25) is 4.79 Å². The van der Waals surface area contributed by atoms with Gasteiger partial charge in [0.05, 0.1) is 13.7 Å². The number of aliphatic hydroxyl groups excluding tert-OH is 1. The van der Waals surface area contributed by atoms with Crippen LogP contribution in [0.1, 0.15) is 10.4 Å². The lowest BCUT2D eigenvalue weighted by Gasteiger charge is -2.14. The minimum Gasteiger partial charge on any atom is -0.467 e. The summed E-state index contributed by atoms with van der Waals surface area (Å²) in [7, 11) is 1.17. The predicted molar refractivity (Wildman–Crippen MR) is 69.5 cm³/mol. The summed E-state index contributed by atoms with van der Waals surface area (Å²) in [6, 6.07) is 3.53. The van der Waals surface area contributed by atoms with E-state index in [1.165, 1.54) is 13.2 Å². The van der Waals surface area contributed by atoms with Crippen molar-refractivity contribution in [3.8, 4) is 0 Å². The second kappa shape index (κ2) is 6.72. The van der Waals surface area contributed by atoms with Gasteiger partial charge in [-0.1, -0.05) is 27.5 Å². The molecule has 5 nitrogen and oxygen atoms in total. The van der Waals surface area contributed by atoms with E-state index in [0.717, 1.165) is 0 Å². The third kappa shape index (κ3) is 3.97. The van der Waals surface area contributed by atoms with Crippen LogP contribution in [0.3, 0.4) is 0 Å². The molecule has 0 unspecified atom stereocenters. The van der Waals surface area contributed by atoms with Crippen LogP contribution in [0.2, 0.25) is 5.02 Å². The minimum absolute atomic E-state index is 0.275. The summed E-state index contributed by atoms with van der Waals surface area (Å²) in [5, 5.41) is 11.7. The zero-order chi connectivity index (χ0) is 13.7. The Hall–Kier alpha value is -1.11. The fraction of sp³-hybridized carbons (Fsp3) is 0.273. The van der Waals surface area contributed by atoms with E-state index in [2.05, 4.69) is 26.0 Å². The Bertz CT molecular complexity index is 446. The fourth-order valence-electron chi connectivity index (χ4n) is 1.25. The molecule has 0 fully saturated rings. The zero-order valence-electron chi connectivity index (χ0n) is 9.44.